The van der Waals surface area contributed by atoms with Crippen molar-refractivity contribution < 1.29 is 9.53 Å². The Morgan fingerprint density at radius 2 is 2.08 bits per heavy atom. The van der Waals surface area contributed by atoms with Gasteiger partial charge in [0.1, 0.15) is 6.54 Å². The summed E-state index contributed by atoms with van der Waals surface area (Å²) in [6, 6.07) is 0. The second-order valence-electron chi connectivity index (χ2n) is 6.22. The Labute approximate surface area is 146 Å². The van der Waals surface area contributed by atoms with Crippen LogP contribution >= 0.6 is 0 Å². The van der Waals surface area contributed by atoms with E-state index in [2.05, 4.69) is 21.7 Å². The molecule has 0 aromatic heterocycles. The van der Waals surface area contributed by atoms with Crippen molar-refractivity contribution in [1.82, 2.24) is 15.5 Å². The van der Waals surface area contributed by atoms with E-state index in [0.29, 0.717) is 5.96 Å². The number of carbonyl (C=O) groups excluding carboxylic acids is 1. The molecule has 0 atom stereocenters. The quantitative estimate of drug-likeness (QED) is 0.276. The highest BCUT2D eigenvalue weighted by Gasteiger charge is 2.06. The predicted octanol–water partition coefficient (Wildman–Crippen LogP) is 1.93. The van der Waals surface area contributed by atoms with Crippen molar-refractivity contribution in [1.29, 1.82) is 0 Å². The molecular weight excluding hydrogens is 304 g/mol. The van der Waals surface area contributed by atoms with Crippen LogP contribution in [0.4, 0.5) is 0 Å². The van der Waals surface area contributed by atoms with Crippen molar-refractivity contribution in [2.45, 2.75) is 45.4 Å². The summed E-state index contributed by atoms with van der Waals surface area (Å²) in [5.74, 6) is 0.707. The first-order valence-electron chi connectivity index (χ1n) is 9.11. The molecule has 2 N–H and O–H groups in total. The molecule has 1 amide bonds. The van der Waals surface area contributed by atoms with Crippen LogP contribution in [0, 0.1) is 0 Å². The minimum Gasteiger partial charge on any atom is -0.382 e. The first-order valence-corrected chi connectivity index (χ1v) is 9.11. The maximum Gasteiger partial charge on any atom is 0.243 e. The van der Waals surface area contributed by atoms with E-state index in [1.54, 1.807) is 19.0 Å². The number of ether oxygens (including phenoxy) is 1. The number of nitrogens with one attached hydrogen (secondary N) is 2. The maximum absolute atomic E-state index is 11.7. The maximum atomic E-state index is 11.7. The fourth-order valence-corrected chi connectivity index (χ4v) is 2.46. The lowest BCUT2D eigenvalue weighted by Crippen LogP contribution is -2.39. The Bertz CT molecular complexity index is 419. The minimum absolute atomic E-state index is 0.000375. The second-order valence-corrected chi connectivity index (χ2v) is 6.22. The van der Waals surface area contributed by atoms with Crippen molar-refractivity contribution in [3.63, 3.8) is 0 Å². The van der Waals surface area contributed by atoms with Gasteiger partial charge in [0.05, 0.1) is 0 Å². The number of likely N-dealkylation sites (N-methyl/N-ethyl adjacent to an activating group) is 1. The summed E-state index contributed by atoms with van der Waals surface area (Å²) in [5.41, 5.74) is 1.54. The zero-order valence-corrected chi connectivity index (χ0v) is 15.6. The standard InChI is InChI=1S/C18H34N4O2/c1-4-24-14-8-12-19-18(21-15-17(23)22(2)3)20-13-11-16-9-6-5-7-10-16/h9H,4-8,10-15H2,1-3H3,(H2,19,20,21). The van der Waals surface area contributed by atoms with E-state index in [9.17, 15) is 4.79 Å². The van der Waals surface area contributed by atoms with E-state index in [1.807, 2.05) is 6.92 Å². The zero-order valence-electron chi connectivity index (χ0n) is 15.6. The fourth-order valence-electron chi connectivity index (χ4n) is 2.46. The summed E-state index contributed by atoms with van der Waals surface area (Å²) in [5, 5.41) is 6.62. The molecule has 0 aromatic rings. The SMILES string of the molecule is CCOCCCNC(=NCC(=O)N(C)C)NCCC1=CCCCC1. The molecule has 6 nitrogen and oxygen atoms in total. The third kappa shape index (κ3) is 9.55. The van der Waals surface area contributed by atoms with E-state index in [-0.39, 0.29) is 12.5 Å². The Morgan fingerprint density at radius 3 is 2.75 bits per heavy atom. The number of hydrogen-bond donors (Lipinski definition) is 2. The van der Waals surface area contributed by atoms with Gasteiger partial charge >= 0.3 is 0 Å². The van der Waals surface area contributed by atoms with Gasteiger partial charge in [0.25, 0.3) is 0 Å². The molecule has 0 radical (unpaired) electrons. The Morgan fingerprint density at radius 1 is 1.29 bits per heavy atom. The molecule has 0 spiro atoms. The van der Waals surface area contributed by atoms with Crippen LogP contribution < -0.4 is 10.6 Å². The molecule has 138 valence electrons. The normalized spacial score (nSPS) is 15.0. The summed E-state index contributed by atoms with van der Waals surface area (Å²) in [4.78, 5) is 17.7. The number of aliphatic imine (C=N–C) groups is 1. The number of amides is 1. The van der Waals surface area contributed by atoms with Crippen molar-refractivity contribution in [2.24, 2.45) is 4.99 Å². The van der Waals surface area contributed by atoms with Gasteiger partial charge in [-0.1, -0.05) is 11.6 Å². The van der Waals surface area contributed by atoms with Crippen molar-refractivity contribution in [3.8, 4) is 0 Å². The van der Waals surface area contributed by atoms with Crippen LogP contribution in [0.5, 0.6) is 0 Å². The highest BCUT2D eigenvalue weighted by molar-refractivity contribution is 5.84. The lowest BCUT2D eigenvalue weighted by molar-refractivity contribution is -0.127. The van der Waals surface area contributed by atoms with Gasteiger partial charge in [0.15, 0.2) is 5.96 Å². The van der Waals surface area contributed by atoms with E-state index in [4.69, 9.17) is 4.74 Å². The lowest BCUT2D eigenvalue weighted by Gasteiger charge is -2.16. The van der Waals surface area contributed by atoms with Crippen molar-refractivity contribution in [2.75, 3.05) is 46.9 Å². The average Bonchev–Trinajstić information content (AvgIpc) is 2.59. The van der Waals surface area contributed by atoms with Gasteiger partial charge in [-0.25, -0.2) is 4.99 Å². The molecular formula is C18H34N4O2. The van der Waals surface area contributed by atoms with E-state index < -0.39 is 0 Å². The first kappa shape index (κ1) is 20.5. The van der Waals surface area contributed by atoms with Crippen LogP contribution in [0.25, 0.3) is 0 Å². The molecule has 0 unspecified atom stereocenters. The predicted molar refractivity (Wildman–Crippen MR) is 99.3 cm³/mol. The number of rotatable bonds is 10. The van der Waals surface area contributed by atoms with Crippen LogP contribution in [-0.4, -0.2) is 63.7 Å². The molecule has 6 heteroatoms. The van der Waals surface area contributed by atoms with Gasteiger partial charge in [0.2, 0.25) is 5.91 Å². The monoisotopic (exact) mass is 338 g/mol. The van der Waals surface area contributed by atoms with Gasteiger partial charge < -0.3 is 20.3 Å². The Hall–Kier alpha value is -1.56. The summed E-state index contributed by atoms with van der Waals surface area (Å²) in [6.07, 6.45) is 9.38. The topological polar surface area (TPSA) is 66.0 Å². The van der Waals surface area contributed by atoms with Gasteiger partial charge in [0, 0.05) is 40.4 Å². The number of hydrogen-bond acceptors (Lipinski definition) is 3. The molecule has 1 rings (SSSR count). The van der Waals surface area contributed by atoms with Crippen LogP contribution in [-0.2, 0) is 9.53 Å². The van der Waals surface area contributed by atoms with Gasteiger partial charge in [-0.3, -0.25) is 4.79 Å². The first-order chi connectivity index (χ1) is 11.6. The zero-order chi connectivity index (χ0) is 17.6. The highest BCUT2D eigenvalue weighted by Crippen LogP contribution is 2.19. The van der Waals surface area contributed by atoms with E-state index >= 15 is 0 Å². The third-order valence-electron chi connectivity index (χ3n) is 3.96. The van der Waals surface area contributed by atoms with Crippen LogP contribution in [0.2, 0.25) is 0 Å². The second kappa shape index (κ2) is 12.8. The van der Waals surface area contributed by atoms with E-state index in [0.717, 1.165) is 39.1 Å². The molecule has 0 saturated carbocycles. The largest absolute Gasteiger partial charge is 0.382 e. The molecule has 0 bridgehead atoms. The Balaban J connectivity index is 2.38. The van der Waals surface area contributed by atoms with Gasteiger partial charge in [-0.2, -0.15) is 0 Å². The van der Waals surface area contributed by atoms with Crippen LogP contribution in [0.15, 0.2) is 16.6 Å². The summed E-state index contributed by atoms with van der Waals surface area (Å²) < 4.78 is 5.34. The molecule has 0 heterocycles. The minimum atomic E-state index is 0.000375. The Kier molecular flexibility index (Phi) is 10.9. The summed E-state index contributed by atoms with van der Waals surface area (Å²) in [6.45, 7) is 5.26. The molecule has 0 saturated heterocycles. The molecule has 0 aromatic carbocycles. The summed E-state index contributed by atoms with van der Waals surface area (Å²) in [7, 11) is 3.49. The van der Waals surface area contributed by atoms with Crippen LogP contribution in [0.1, 0.15) is 45.4 Å². The molecule has 0 aliphatic heterocycles. The molecule has 1 aliphatic carbocycles. The molecule has 1 aliphatic rings. The third-order valence-corrected chi connectivity index (χ3v) is 3.96. The average molecular weight is 338 g/mol. The fraction of sp³-hybridized carbons (Fsp3) is 0.778. The molecule has 24 heavy (non-hydrogen) atoms. The van der Waals surface area contributed by atoms with Crippen LogP contribution in [0.3, 0.4) is 0 Å². The smallest absolute Gasteiger partial charge is 0.243 e. The van der Waals surface area contributed by atoms with E-state index in [1.165, 1.54) is 31.3 Å². The summed E-state index contributed by atoms with van der Waals surface area (Å²) >= 11 is 0. The number of guanidine groups is 1. The number of nitrogens with zero attached hydrogens (tertiary/aromatic N) is 2. The van der Waals surface area contributed by atoms with Gasteiger partial charge in [-0.05, 0) is 45.4 Å². The lowest BCUT2D eigenvalue weighted by atomic mass is 9.97. The highest BCUT2D eigenvalue weighted by atomic mass is 16.5. The number of carbonyl (C=O) groups is 1. The van der Waals surface area contributed by atoms with Gasteiger partial charge in [-0.15, -0.1) is 0 Å². The van der Waals surface area contributed by atoms with Crippen molar-refractivity contribution in [3.05, 3.63) is 11.6 Å². The molecule has 0 fully saturated rings. The number of allylic oxidation sites excluding steroid dienone is 1. The van der Waals surface area contributed by atoms with Crippen molar-refractivity contribution >= 4 is 11.9 Å².